The summed E-state index contributed by atoms with van der Waals surface area (Å²) in [6.45, 7) is 4.76. The monoisotopic (exact) mass is 376 g/mol. The summed E-state index contributed by atoms with van der Waals surface area (Å²) < 4.78 is 10.7. The van der Waals surface area contributed by atoms with E-state index < -0.39 is 0 Å². The first-order valence-corrected chi connectivity index (χ1v) is 8.91. The van der Waals surface area contributed by atoms with Gasteiger partial charge in [-0.2, -0.15) is 0 Å². The average Bonchev–Trinajstić information content (AvgIpc) is 3.13. The number of hydrogen-bond acceptors (Lipinski definition) is 6. The normalized spacial score (nSPS) is 11.9. The van der Waals surface area contributed by atoms with Gasteiger partial charge >= 0.3 is 0 Å². The van der Waals surface area contributed by atoms with Crippen LogP contribution in [0.2, 0.25) is 0 Å². The van der Waals surface area contributed by atoms with Gasteiger partial charge in [0.1, 0.15) is 17.8 Å². The summed E-state index contributed by atoms with van der Waals surface area (Å²) in [7, 11) is 0. The maximum absolute atomic E-state index is 12.5. The Balaban J connectivity index is 1.43. The van der Waals surface area contributed by atoms with Crippen LogP contribution in [0.25, 0.3) is 0 Å². The molecule has 1 amide bonds. The van der Waals surface area contributed by atoms with Crippen LogP contribution in [0.4, 0.5) is 11.5 Å². The number of amides is 1. The van der Waals surface area contributed by atoms with E-state index in [1.54, 1.807) is 6.07 Å². The number of aromatic nitrogens is 2. The molecule has 0 spiro atoms. The van der Waals surface area contributed by atoms with E-state index in [-0.39, 0.29) is 12.7 Å². The number of fused-ring (bicyclic) bond motifs is 1. The zero-order valence-corrected chi connectivity index (χ0v) is 15.7. The van der Waals surface area contributed by atoms with E-state index in [0.717, 1.165) is 33.9 Å². The first-order valence-electron chi connectivity index (χ1n) is 8.91. The van der Waals surface area contributed by atoms with Gasteiger partial charge in [-0.15, -0.1) is 0 Å². The van der Waals surface area contributed by atoms with E-state index in [4.69, 9.17) is 9.47 Å². The van der Waals surface area contributed by atoms with Crippen LogP contribution in [0.1, 0.15) is 27.2 Å². The number of nitrogens with zero attached hydrogens (tertiary/aromatic N) is 2. The van der Waals surface area contributed by atoms with Gasteiger partial charge < -0.3 is 20.1 Å². The molecule has 3 aromatic rings. The van der Waals surface area contributed by atoms with Crippen molar-refractivity contribution in [1.29, 1.82) is 0 Å². The third-order valence-corrected chi connectivity index (χ3v) is 4.29. The van der Waals surface area contributed by atoms with E-state index in [1.165, 1.54) is 6.33 Å². The molecule has 1 aliphatic rings. The summed E-state index contributed by atoms with van der Waals surface area (Å²) >= 11 is 0. The molecule has 7 nitrogen and oxygen atoms in total. The Morgan fingerprint density at radius 3 is 2.61 bits per heavy atom. The summed E-state index contributed by atoms with van der Waals surface area (Å²) in [5.41, 5.74) is 4.23. The second-order valence-corrected chi connectivity index (χ2v) is 6.66. The van der Waals surface area contributed by atoms with E-state index in [0.29, 0.717) is 18.1 Å². The highest BCUT2D eigenvalue weighted by atomic mass is 16.7. The van der Waals surface area contributed by atoms with E-state index >= 15 is 0 Å². The average molecular weight is 376 g/mol. The Hall–Kier alpha value is -3.61. The van der Waals surface area contributed by atoms with Crippen molar-refractivity contribution in [3.8, 4) is 11.5 Å². The van der Waals surface area contributed by atoms with Crippen molar-refractivity contribution in [1.82, 2.24) is 9.97 Å². The van der Waals surface area contributed by atoms with Gasteiger partial charge in [-0.3, -0.25) is 4.79 Å². The number of benzene rings is 2. The van der Waals surface area contributed by atoms with Gasteiger partial charge in [0.2, 0.25) is 6.79 Å². The zero-order chi connectivity index (χ0) is 19.5. The highest BCUT2D eigenvalue weighted by Gasteiger charge is 2.13. The van der Waals surface area contributed by atoms with Crippen LogP contribution in [0.3, 0.4) is 0 Å². The number of nitrogens with one attached hydrogen (secondary N) is 2. The lowest BCUT2D eigenvalue weighted by molar-refractivity contribution is 0.102. The van der Waals surface area contributed by atoms with Gasteiger partial charge in [0.15, 0.2) is 11.5 Å². The van der Waals surface area contributed by atoms with E-state index in [9.17, 15) is 4.79 Å². The molecular weight excluding hydrogens is 356 g/mol. The van der Waals surface area contributed by atoms with Crippen molar-refractivity contribution in [2.75, 3.05) is 17.4 Å². The van der Waals surface area contributed by atoms with Crippen LogP contribution >= 0.6 is 0 Å². The number of anilines is 2. The van der Waals surface area contributed by atoms with Crippen molar-refractivity contribution in [3.05, 3.63) is 71.2 Å². The molecule has 7 heteroatoms. The van der Waals surface area contributed by atoms with Gasteiger partial charge in [-0.1, -0.05) is 12.1 Å². The molecule has 0 saturated carbocycles. The Bertz CT molecular complexity index is 1020. The zero-order valence-electron chi connectivity index (χ0n) is 15.7. The Morgan fingerprint density at radius 1 is 1.00 bits per heavy atom. The van der Waals surface area contributed by atoms with Gasteiger partial charge in [0.05, 0.1) is 0 Å². The van der Waals surface area contributed by atoms with Crippen molar-refractivity contribution in [3.63, 3.8) is 0 Å². The maximum atomic E-state index is 12.5. The van der Waals surface area contributed by atoms with Crippen LogP contribution in [0.15, 0.2) is 48.8 Å². The molecule has 0 fully saturated rings. The van der Waals surface area contributed by atoms with Gasteiger partial charge in [-0.25, -0.2) is 9.97 Å². The molecule has 2 heterocycles. The number of carbonyl (C=O) groups excluding carboxylic acids is 1. The largest absolute Gasteiger partial charge is 0.454 e. The van der Waals surface area contributed by atoms with Crippen molar-refractivity contribution in [2.45, 2.75) is 20.4 Å². The predicted octanol–water partition coefficient (Wildman–Crippen LogP) is 3.69. The molecule has 1 aliphatic heterocycles. The van der Waals surface area contributed by atoms with Gasteiger partial charge in [0.25, 0.3) is 5.91 Å². The van der Waals surface area contributed by atoms with Crippen LogP contribution in [0, 0.1) is 13.8 Å². The highest BCUT2D eigenvalue weighted by molar-refractivity contribution is 6.03. The molecule has 0 saturated heterocycles. The van der Waals surface area contributed by atoms with Gasteiger partial charge in [0, 0.05) is 18.3 Å². The molecule has 0 radical (unpaired) electrons. The minimum atomic E-state index is -0.279. The molecule has 0 bridgehead atoms. The maximum Gasteiger partial charge on any atom is 0.274 e. The lowest BCUT2D eigenvalue weighted by atomic mass is 10.1. The van der Waals surface area contributed by atoms with Crippen molar-refractivity contribution >= 4 is 17.4 Å². The molecule has 0 unspecified atom stereocenters. The number of aryl methyl sites for hydroxylation is 2. The number of carbonyl (C=O) groups is 1. The van der Waals surface area contributed by atoms with Crippen molar-refractivity contribution in [2.24, 2.45) is 0 Å². The summed E-state index contributed by atoms with van der Waals surface area (Å²) in [6, 6.07) is 13.3. The first-order chi connectivity index (χ1) is 13.6. The lowest BCUT2D eigenvalue weighted by Gasteiger charge is -2.09. The second-order valence-electron chi connectivity index (χ2n) is 6.66. The molecule has 28 heavy (non-hydrogen) atoms. The summed E-state index contributed by atoms with van der Waals surface area (Å²) in [4.78, 5) is 20.8. The van der Waals surface area contributed by atoms with Crippen LogP contribution in [0.5, 0.6) is 11.5 Å². The van der Waals surface area contributed by atoms with Gasteiger partial charge in [-0.05, 0) is 54.8 Å². The molecule has 142 valence electrons. The molecule has 2 aromatic carbocycles. The number of hydrogen-bond donors (Lipinski definition) is 2. The predicted molar refractivity (Wildman–Crippen MR) is 106 cm³/mol. The molecule has 0 aliphatic carbocycles. The lowest BCUT2D eigenvalue weighted by Crippen LogP contribution is -2.15. The van der Waals surface area contributed by atoms with Crippen LogP contribution in [-0.2, 0) is 6.54 Å². The van der Waals surface area contributed by atoms with E-state index in [2.05, 4.69) is 26.7 Å². The molecule has 4 rings (SSSR count). The molecule has 2 N–H and O–H groups in total. The molecule has 1 aromatic heterocycles. The fourth-order valence-corrected chi connectivity index (χ4v) is 3.06. The minimum absolute atomic E-state index is 0.247. The molecule has 0 atom stereocenters. The van der Waals surface area contributed by atoms with Crippen LogP contribution < -0.4 is 20.1 Å². The smallest absolute Gasteiger partial charge is 0.274 e. The summed E-state index contributed by atoms with van der Waals surface area (Å²) in [5.74, 6) is 1.77. The summed E-state index contributed by atoms with van der Waals surface area (Å²) in [6.07, 6.45) is 1.37. The number of ether oxygens (including phenoxy) is 2. The quantitative estimate of drug-likeness (QED) is 0.706. The van der Waals surface area contributed by atoms with E-state index in [1.807, 2.05) is 44.2 Å². The molecular formula is C21H20N4O3. The Morgan fingerprint density at radius 2 is 1.79 bits per heavy atom. The first kappa shape index (κ1) is 17.8. The Labute approximate surface area is 162 Å². The topological polar surface area (TPSA) is 85.4 Å². The SMILES string of the molecule is Cc1cc(C)cc(NC(=O)c2cc(NCc3ccc4c(c3)OCO4)ncn2)c1. The number of rotatable bonds is 5. The minimum Gasteiger partial charge on any atom is -0.454 e. The fraction of sp³-hybridized carbons (Fsp3) is 0.190. The third kappa shape index (κ3) is 4.03. The third-order valence-electron chi connectivity index (χ3n) is 4.29. The standard InChI is InChI=1S/C21H20N4O3/c1-13-5-14(2)7-16(6-13)25-21(26)17-9-20(24-11-23-17)22-10-15-3-4-18-19(8-15)28-12-27-18/h3-9,11H,10,12H2,1-2H3,(H,25,26)(H,22,23,24). The summed E-state index contributed by atoms with van der Waals surface area (Å²) in [5, 5.41) is 6.08. The highest BCUT2D eigenvalue weighted by Crippen LogP contribution is 2.32. The fourth-order valence-electron chi connectivity index (χ4n) is 3.06. The Kier molecular flexibility index (Phi) is 4.80. The van der Waals surface area contributed by atoms with Crippen molar-refractivity contribution < 1.29 is 14.3 Å². The van der Waals surface area contributed by atoms with Crippen LogP contribution in [-0.4, -0.2) is 22.7 Å². The second kappa shape index (κ2) is 7.56.